The highest BCUT2D eigenvalue weighted by Gasteiger charge is 2.49. The van der Waals surface area contributed by atoms with Crippen LogP contribution >= 0.6 is 0 Å². The number of benzene rings is 1. The predicted octanol–water partition coefficient (Wildman–Crippen LogP) is 1.18. The largest absolute Gasteiger partial charge is 0.463 e. The molecular weight excluding hydrogens is 258 g/mol. The first kappa shape index (κ1) is 11.0. The Morgan fingerprint density at radius 3 is 2.90 bits per heavy atom. The summed E-state index contributed by atoms with van der Waals surface area (Å²) >= 11 is 0. The van der Waals surface area contributed by atoms with Gasteiger partial charge in [-0.2, -0.15) is 0 Å². The molecule has 98 valence electrons. The van der Waals surface area contributed by atoms with Crippen LogP contribution < -0.4 is 15.4 Å². The summed E-state index contributed by atoms with van der Waals surface area (Å²) in [5.41, 5.74) is 0.0216. The molecule has 0 saturated carbocycles. The van der Waals surface area contributed by atoms with Crippen LogP contribution in [0, 0.1) is 0 Å². The highest BCUT2D eigenvalue weighted by Crippen LogP contribution is 2.40. The number of nitrogens with zero attached hydrogens (tertiary/aromatic N) is 1. The fourth-order valence-electron chi connectivity index (χ4n) is 2.62. The van der Waals surface area contributed by atoms with Gasteiger partial charge in [0.2, 0.25) is 0 Å². The molecule has 1 atom stereocenters. The van der Waals surface area contributed by atoms with Crippen LogP contribution in [-0.2, 0) is 10.3 Å². The van der Waals surface area contributed by atoms with Gasteiger partial charge >= 0.3 is 6.03 Å². The van der Waals surface area contributed by atoms with Crippen molar-refractivity contribution in [2.45, 2.75) is 5.54 Å². The van der Waals surface area contributed by atoms with Gasteiger partial charge in [-0.3, -0.25) is 15.1 Å². The fraction of sp³-hybridized carbons (Fsp3) is 0.0714. The summed E-state index contributed by atoms with van der Waals surface area (Å²) in [6, 6.07) is 6.84. The maximum absolute atomic E-state index is 12.1. The molecule has 0 radical (unpaired) electrons. The molecular formula is C14H9N3O3. The van der Waals surface area contributed by atoms with Gasteiger partial charge in [0.05, 0.1) is 6.26 Å². The minimum atomic E-state index is -1.21. The van der Waals surface area contributed by atoms with Crippen LogP contribution in [0.5, 0.6) is 5.75 Å². The Kier molecular flexibility index (Phi) is 1.96. The van der Waals surface area contributed by atoms with Crippen LogP contribution in [0.1, 0.15) is 5.56 Å². The second-order valence-corrected chi connectivity index (χ2v) is 4.65. The highest BCUT2D eigenvalue weighted by atomic mass is 16.5. The molecule has 1 aromatic carbocycles. The zero-order valence-corrected chi connectivity index (χ0v) is 10.2. The Hall–Kier alpha value is -2.89. The van der Waals surface area contributed by atoms with Crippen LogP contribution in [0.2, 0.25) is 0 Å². The molecule has 1 fully saturated rings. The number of urea groups is 1. The minimum absolute atomic E-state index is 0.418. The Balaban J connectivity index is 2.03. The van der Waals surface area contributed by atoms with Crippen molar-refractivity contribution < 1.29 is 14.3 Å². The Morgan fingerprint density at radius 1 is 1.20 bits per heavy atom. The third kappa shape index (κ3) is 1.25. The van der Waals surface area contributed by atoms with Crippen molar-refractivity contribution in [1.29, 1.82) is 0 Å². The number of carbonyl (C=O) groups is 2. The lowest BCUT2D eigenvalue weighted by molar-refractivity contribution is -0.122. The molecule has 1 unspecified atom stereocenters. The molecule has 2 N–H and O–H groups in total. The quantitative estimate of drug-likeness (QED) is 0.702. The summed E-state index contributed by atoms with van der Waals surface area (Å²) in [5.74, 6) is 0.0709. The molecule has 2 aromatic rings. The standard InChI is InChI=1S/C14H9N3O3/c18-12-14(17-13(19)16-12)5-7-20-11-9(14)4-3-8-2-1-6-15-10(8)11/h1-7H,(H2,16,17,18,19). The number of carbonyl (C=O) groups excluding carboxylic acids is 2. The van der Waals surface area contributed by atoms with Crippen molar-refractivity contribution in [3.63, 3.8) is 0 Å². The van der Waals surface area contributed by atoms with Gasteiger partial charge in [0, 0.05) is 17.1 Å². The molecule has 3 amide bonds. The number of hydrogen-bond donors (Lipinski definition) is 2. The fourth-order valence-corrected chi connectivity index (χ4v) is 2.62. The van der Waals surface area contributed by atoms with E-state index in [0.717, 1.165) is 5.39 Å². The molecule has 0 bridgehead atoms. The van der Waals surface area contributed by atoms with Gasteiger partial charge in [-0.25, -0.2) is 4.79 Å². The zero-order valence-electron chi connectivity index (χ0n) is 10.2. The average molecular weight is 267 g/mol. The maximum Gasteiger partial charge on any atom is 0.322 e. The van der Waals surface area contributed by atoms with Gasteiger partial charge in [0.15, 0.2) is 11.3 Å². The smallest absolute Gasteiger partial charge is 0.322 e. The van der Waals surface area contributed by atoms with Crippen molar-refractivity contribution in [2.24, 2.45) is 0 Å². The number of rotatable bonds is 0. The SMILES string of the molecule is O=C1NC(=O)C2(C=COc3c2ccc2cccnc32)N1. The van der Waals surface area contributed by atoms with Gasteiger partial charge in [0.1, 0.15) is 5.52 Å². The lowest BCUT2D eigenvalue weighted by atomic mass is 9.87. The number of ether oxygens (including phenoxy) is 1. The number of fused-ring (bicyclic) bond motifs is 4. The number of imide groups is 1. The maximum atomic E-state index is 12.1. The van der Waals surface area contributed by atoms with Crippen LogP contribution in [0.25, 0.3) is 10.9 Å². The van der Waals surface area contributed by atoms with Crippen molar-refractivity contribution in [1.82, 2.24) is 15.6 Å². The van der Waals surface area contributed by atoms with Gasteiger partial charge in [-0.15, -0.1) is 0 Å². The Labute approximate surface area is 113 Å². The summed E-state index contributed by atoms with van der Waals surface area (Å²) in [6.45, 7) is 0. The van der Waals surface area contributed by atoms with Crippen LogP contribution in [0.15, 0.2) is 42.8 Å². The number of nitrogens with one attached hydrogen (secondary N) is 2. The highest BCUT2D eigenvalue weighted by molar-refractivity contribution is 6.10. The molecule has 0 aliphatic carbocycles. The van der Waals surface area contributed by atoms with Crippen molar-refractivity contribution >= 4 is 22.8 Å². The first-order valence-electron chi connectivity index (χ1n) is 6.07. The summed E-state index contributed by atoms with van der Waals surface area (Å²) in [4.78, 5) is 27.9. The number of hydrogen-bond acceptors (Lipinski definition) is 4. The lowest BCUT2D eigenvalue weighted by Crippen LogP contribution is -2.43. The molecule has 6 nitrogen and oxygen atoms in total. The summed E-state index contributed by atoms with van der Waals surface area (Å²) in [6.07, 6.45) is 4.59. The van der Waals surface area contributed by atoms with E-state index in [9.17, 15) is 9.59 Å². The zero-order chi connectivity index (χ0) is 13.7. The van der Waals surface area contributed by atoms with Crippen LogP contribution in [-0.4, -0.2) is 16.9 Å². The summed E-state index contributed by atoms with van der Waals surface area (Å²) in [7, 11) is 0. The van der Waals surface area contributed by atoms with E-state index in [4.69, 9.17) is 4.74 Å². The molecule has 1 saturated heterocycles. The monoisotopic (exact) mass is 267 g/mol. The Bertz CT molecular complexity index is 799. The van der Waals surface area contributed by atoms with E-state index in [-0.39, 0.29) is 0 Å². The van der Waals surface area contributed by atoms with E-state index in [1.807, 2.05) is 18.2 Å². The number of aromatic nitrogens is 1. The lowest BCUT2D eigenvalue weighted by Gasteiger charge is -2.28. The van der Waals surface area contributed by atoms with E-state index in [2.05, 4.69) is 15.6 Å². The third-order valence-corrected chi connectivity index (χ3v) is 3.55. The second-order valence-electron chi connectivity index (χ2n) is 4.65. The molecule has 6 heteroatoms. The Morgan fingerprint density at radius 2 is 2.10 bits per heavy atom. The summed E-state index contributed by atoms with van der Waals surface area (Å²) in [5, 5.41) is 5.80. The number of amides is 3. The molecule has 2 aliphatic rings. The second kappa shape index (κ2) is 3.57. The number of pyridine rings is 1. The molecule has 2 aliphatic heterocycles. The van der Waals surface area contributed by atoms with Crippen molar-refractivity contribution in [2.75, 3.05) is 0 Å². The van der Waals surface area contributed by atoms with Crippen LogP contribution in [0.3, 0.4) is 0 Å². The van der Waals surface area contributed by atoms with Gasteiger partial charge in [-0.05, 0) is 12.1 Å². The predicted molar refractivity (Wildman–Crippen MR) is 69.9 cm³/mol. The van der Waals surface area contributed by atoms with Gasteiger partial charge < -0.3 is 10.1 Å². The minimum Gasteiger partial charge on any atom is -0.463 e. The third-order valence-electron chi connectivity index (χ3n) is 3.55. The van der Waals surface area contributed by atoms with E-state index >= 15 is 0 Å². The summed E-state index contributed by atoms with van der Waals surface area (Å²) < 4.78 is 5.53. The molecule has 1 aromatic heterocycles. The van der Waals surface area contributed by atoms with Crippen LogP contribution in [0.4, 0.5) is 4.79 Å². The molecule has 3 heterocycles. The van der Waals surface area contributed by atoms with E-state index in [1.165, 1.54) is 12.3 Å². The first-order chi connectivity index (χ1) is 9.71. The van der Waals surface area contributed by atoms with E-state index in [0.29, 0.717) is 16.8 Å². The topological polar surface area (TPSA) is 80.3 Å². The average Bonchev–Trinajstić information content (AvgIpc) is 2.74. The van der Waals surface area contributed by atoms with E-state index < -0.39 is 17.5 Å². The van der Waals surface area contributed by atoms with Gasteiger partial charge in [0.25, 0.3) is 5.91 Å². The van der Waals surface area contributed by atoms with Crippen molar-refractivity contribution in [3.8, 4) is 5.75 Å². The van der Waals surface area contributed by atoms with Crippen molar-refractivity contribution in [3.05, 3.63) is 48.4 Å². The molecule has 1 spiro atoms. The molecule has 4 rings (SSSR count). The van der Waals surface area contributed by atoms with Gasteiger partial charge in [-0.1, -0.05) is 18.2 Å². The van der Waals surface area contributed by atoms with E-state index in [1.54, 1.807) is 12.3 Å². The molecule has 20 heavy (non-hydrogen) atoms. The normalized spacial score (nSPS) is 23.4. The first-order valence-corrected chi connectivity index (χ1v) is 6.07.